The van der Waals surface area contributed by atoms with Crippen LogP contribution in [-0.4, -0.2) is 19.0 Å². The van der Waals surface area contributed by atoms with Crippen LogP contribution in [0.1, 0.15) is 46.5 Å². The van der Waals surface area contributed by atoms with Crippen molar-refractivity contribution in [3.8, 4) is 0 Å². The highest BCUT2D eigenvalue weighted by atomic mass is 16.1. The van der Waals surface area contributed by atoms with Crippen LogP contribution in [0.25, 0.3) is 0 Å². The van der Waals surface area contributed by atoms with Crippen molar-refractivity contribution >= 4 is 5.91 Å². The Balaban J connectivity index is 2.53. The summed E-state index contributed by atoms with van der Waals surface area (Å²) in [7, 11) is 0. The Hall–Kier alpha value is -0.570. The zero-order valence-corrected chi connectivity index (χ0v) is 11.5. The Kier molecular flexibility index (Phi) is 5.96. The third-order valence-corrected chi connectivity index (χ3v) is 4.04. The molecule has 0 aromatic carbocycles. The molecule has 0 bridgehead atoms. The summed E-state index contributed by atoms with van der Waals surface area (Å²) in [5, 5.41) is 3.04. The fourth-order valence-corrected chi connectivity index (χ4v) is 2.95. The van der Waals surface area contributed by atoms with Crippen molar-refractivity contribution in [1.29, 1.82) is 0 Å². The van der Waals surface area contributed by atoms with Gasteiger partial charge in [-0.2, -0.15) is 0 Å². The number of nitrogens with two attached hydrogens (primary N) is 1. The Morgan fingerprint density at radius 2 is 2.12 bits per heavy atom. The molecule has 1 rings (SSSR count). The van der Waals surface area contributed by atoms with E-state index in [1.54, 1.807) is 0 Å². The first kappa shape index (κ1) is 14.5. The topological polar surface area (TPSA) is 55.1 Å². The maximum atomic E-state index is 12.2. The zero-order valence-electron chi connectivity index (χ0n) is 11.5. The van der Waals surface area contributed by atoms with Crippen LogP contribution in [0.4, 0.5) is 0 Å². The smallest absolute Gasteiger partial charge is 0.223 e. The fourth-order valence-electron chi connectivity index (χ4n) is 2.95. The molecule has 0 radical (unpaired) electrons. The molecule has 1 aliphatic carbocycles. The first-order valence-electron chi connectivity index (χ1n) is 7.04. The molecule has 3 heteroatoms. The Labute approximate surface area is 106 Å². The molecule has 1 saturated carbocycles. The average Bonchev–Trinajstić information content (AvgIpc) is 2.28. The van der Waals surface area contributed by atoms with Gasteiger partial charge in [-0.1, -0.05) is 27.2 Å². The summed E-state index contributed by atoms with van der Waals surface area (Å²) in [5.74, 6) is 2.33. The maximum absolute atomic E-state index is 12.2. The highest BCUT2D eigenvalue weighted by Crippen LogP contribution is 2.37. The molecule has 0 heterocycles. The number of carbonyl (C=O) groups is 1. The van der Waals surface area contributed by atoms with E-state index in [0.29, 0.717) is 24.3 Å². The number of hydrogen-bond acceptors (Lipinski definition) is 2. The lowest BCUT2D eigenvalue weighted by molar-refractivity contribution is -0.129. The third kappa shape index (κ3) is 4.30. The third-order valence-electron chi connectivity index (χ3n) is 4.04. The summed E-state index contributed by atoms with van der Waals surface area (Å²) in [6.07, 6.45) is 4.40. The average molecular weight is 240 g/mol. The molecule has 1 fully saturated rings. The lowest BCUT2D eigenvalue weighted by Gasteiger charge is -2.36. The second kappa shape index (κ2) is 7.00. The van der Waals surface area contributed by atoms with Crippen molar-refractivity contribution < 1.29 is 4.79 Å². The van der Waals surface area contributed by atoms with E-state index in [0.717, 1.165) is 19.4 Å². The molecule has 0 unspecified atom stereocenters. The standard InChI is InChI=1S/C14H28N2O/c1-10(2)12-6-5-11(3)9-13(12)14(17)16-8-4-7-15/h10-13H,4-9,15H2,1-3H3,(H,16,17)/t11-,12+,13-/m1/s1. The van der Waals surface area contributed by atoms with Gasteiger partial charge in [0, 0.05) is 12.5 Å². The van der Waals surface area contributed by atoms with Gasteiger partial charge in [0.1, 0.15) is 0 Å². The van der Waals surface area contributed by atoms with Gasteiger partial charge >= 0.3 is 0 Å². The predicted octanol–water partition coefficient (Wildman–Crippen LogP) is 2.16. The number of carbonyl (C=O) groups excluding carboxylic acids is 1. The van der Waals surface area contributed by atoms with Gasteiger partial charge < -0.3 is 11.1 Å². The molecule has 1 aliphatic rings. The molecule has 3 atom stereocenters. The van der Waals surface area contributed by atoms with Crippen molar-refractivity contribution in [2.24, 2.45) is 29.4 Å². The summed E-state index contributed by atoms with van der Waals surface area (Å²) in [6, 6.07) is 0. The minimum Gasteiger partial charge on any atom is -0.356 e. The van der Waals surface area contributed by atoms with Crippen LogP contribution in [0, 0.1) is 23.7 Å². The minimum absolute atomic E-state index is 0.219. The van der Waals surface area contributed by atoms with Gasteiger partial charge in [0.2, 0.25) is 5.91 Å². The second-order valence-electron chi connectivity index (χ2n) is 5.87. The summed E-state index contributed by atoms with van der Waals surface area (Å²) in [5.41, 5.74) is 5.44. The van der Waals surface area contributed by atoms with Crippen LogP contribution < -0.4 is 11.1 Å². The number of hydrogen-bond donors (Lipinski definition) is 2. The van der Waals surface area contributed by atoms with Gasteiger partial charge in [0.15, 0.2) is 0 Å². The molecule has 0 aromatic heterocycles. The van der Waals surface area contributed by atoms with Crippen molar-refractivity contribution in [1.82, 2.24) is 5.32 Å². The van der Waals surface area contributed by atoms with Gasteiger partial charge in [-0.3, -0.25) is 4.79 Å². The zero-order chi connectivity index (χ0) is 12.8. The molecule has 0 aromatic rings. The lowest BCUT2D eigenvalue weighted by atomic mass is 9.70. The molecule has 3 N–H and O–H groups in total. The molecule has 0 saturated heterocycles. The van der Waals surface area contributed by atoms with Crippen LogP contribution in [0.3, 0.4) is 0 Å². The molecule has 0 aliphatic heterocycles. The van der Waals surface area contributed by atoms with Crippen LogP contribution in [0.5, 0.6) is 0 Å². The summed E-state index contributed by atoms with van der Waals surface area (Å²) < 4.78 is 0. The van der Waals surface area contributed by atoms with E-state index in [2.05, 4.69) is 26.1 Å². The summed E-state index contributed by atoms with van der Waals surface area (Å²) >= 11 is 0. The van der Waals surface area contributed by atoms with Gasteiger partial charge in [0.05, 0.1) is 0 Å². The van der Waals surface area contributed by atoms with E-state index in [-0.39, 0.29) is 11.8 Å². The van der Waals surface area contributed by atoms with Crippen molar-refractivity contribution in [2.45, 2.75) is 46.5 Å². The van der Waals surface area contributed by atoms with Crippen molar-refractivity contribution in [2.75, 3.05) is 13.1 Å². The van der Waals surface area contributed by atoms with E-state index < -0.39 is 0 Å². The molecule has 100 valence electrons. The van der Waals surface area contributed by atoms with E-state index in [9.17, 15) is 4.79 Å². The first-order chi connectivity index (χ1) is 8.06. The lowest BCUT2D eigenvalue weighted by Crippen LogP contribution is -2.40. The van der Waals surface area contributed by atoms with Gasteiger partial charge in [-0.25, -0.2) is 0 Å². The molecular formula is C14H28N2O. The van der Waals surface area contributed by atoms with Crippen LogP contribution in [-0.2, 0) is 4.79 Å². The molecule has 17 heavy (non-hydrogen) atoms. The van der Waals surface area contributed by atoms with Crippen LogP contribution in [0.15, 0.2) is 0 Å². The quantitative estimate of drug-likeness (QED) is 0.724. The molecular weight excluding hydrogens is 212 g/mol. The molecule has 3 nitrogen and oxygen atoms in total. The van der Waals surface area contributed by atoms with E-state index in [1.165, 1.54) is 12.8 Å². The normalized spacial score (nSPS) is 29.4. The van der Waals surface area contributed by atoms with E-state index in [1.807, 2.05) is 0 Å². The Morgan fingerprint density at radius 3 is 2.71 bits per heavy atom. The molecule has 1 amide bonds. The van der Waals surface area contributed by atoms with E-state index in [4.69, 9.17) is 5.73 Å². The van der Waals surface area contributed by atoms with Gasteiger partial charge in [-0.15, -0.1) is 0 Å². The number of rotatable bonds is 5. The number of amides is 1. The largest absolute Gasteiger partial charge is 0.356 e. The minimum atomic E-state index is 0.219. The predicted molar refractivity (Wildman–Crippen MR) is 71.5 cm³/mol. The Bertz CT molecular complexity index is 240. The SMILES string of the molecule is CC(C)[C@@H]1CC[C@@H](C)C[C@H]1C(=O)NCCCN. The first-order valence-corrected chi connectivity index (χ1v) is 7.04. The van der Waals surface area contributed by atoms with Gasteiger partial charge in [-0.05, 0) is 43.6 Å². The maximum Gasteiger partial charge on any atom is 0.223 e. The highest BCUT2D eigenvalue weighted by Gasteiger charge is 2.34. The number of nitrogens with one attached hydrogen (secondary N) is 1. The highest BCUT2D eigenvalue weighted by molar-refractivity contribution is 5.79. The Morgan fingerprint density at radius 1 is 1.41 bits per heavy atom. The van der Waals surface area contributed by atoms with Crippen molar-refractivity contribution in [3.05, 3.63) is 0 Å². The monoisotopic (exact) mass is 240 g/mol. The molecule has 0 spiro atoms. The van der Waals surface area contributed by atoms with Crippen LogP contribution >= 0.6 is 0 Å². The van der Waals surface area contributed by atoms with Crippen molar-refractivity contribution in [3.63, 3.8) is 0 Å². The summed E-state index contributed by atoms with van der Waals surface area (Å²) in [4.78, 5) is 12.2. The van der Waals surface area contributed by atoms with Gasteiger partial charge in [0.25, 0.3) is 0 Å². The fraction of sp³-hybridized carbons (Fsp3) is 0.929. The second-order valence-corrected chi connectivity index (χ2v) is 5.87. The van der Waals surface area contributed by atoms with E-state index >= 15 is 0 Å². The van der Waals surface area contributed by atoms with Crippen LogP contribution in [0.2, 0.25) is 0 Å². The summed E-state index contributed by atoms with van der Waals surface area (Å²) in [6.45, 7) is 8.11.